The monoisotopic (exact) mass is 366 g/mol. The molecular formula is C20H19ClN4O. The van der Waals surface area contributed by atoms with Crippen LogP contribution in [0.25, 0.3) is 0 Å². The standard InChI is InChI=1S/C20H19ClN4O/c21-17-8-6-16(7-9-17)13-23-19-12-18(24-14-25-19)20(26)22-11-10-15-4-2-1-3-5-15/h1-9,12,14H,10-11,13H2,(H,22,26)(H,23,24,25). The van der Waals surface area contributed by atoms with Crippen molar-refractivity contribution in [2.24, 2.45) is 0 Å². The number of amides is 1. The van der Waals surface area contributed by atoms with Crippen LogP contribution in [0.15, 0.2) is 67.0 Å². The Morgan fingerprint density at radius 3 is 2.50 bits per heavy atom. The van der Waals surface area contributed by atoms with Gasteiger partial charge in [0.15, 0.2) is 0 Å². The number of hydrogen-bond donors (Lipinski definition) is 2. The fourth-order valence-electron chi connectivity index (χ4n) is 2.43. The number of halogens is 1. The summed E-state index contributed by atoms with van der Waals surface area (Å²) in [6.45, 7) is 1.14. The molecule has 0 fully saturated rings. The highest BCUT2D eigenvalue weighted by molar-refractivity contribution is 6.30. The SMILES string of the molecule is O=C(NCCc1ccccc1)c1cc(NCc2ccc(Cl)cc2)ncn1. The van der Waals surface area contributed by atoms with Crippen molar-refractivity contribution in [3.63, 3.8) is 0 Å². The van der Waals surface area contributed by atoms with Crippen molar-refractivity contribution in [2.45, 2.75) is 13.0 Å². The highest BCUT2D eigenvalue weighted by atomic mass is 35.5. The zero-order valence-electron chi connectivity index (χ0n) is 14.2. The summed E-state index contributed by atoms with van der Waals surface area (Å²) < 4.78 is 0. The van der Waals surface area contributed by atoms with Crippen LogP contribution in [-0.4, -0.2) is 22.4 Å². The molecule has 2 aromatic carbocycles. The summed E-state index contributed by atoms with van der Waals surface area (Å²) in [7, 11) is 0. The lowest BCUT2D eigenvalue weighted by atomic mass is 10.1. The lowest BCUT2D eigenvalue weighted by Gasteiger charge is -2.08. The molecule has 0 aliphatic heterocycles. The van der Waals surface area contributed by atoms with Gasteiger partial charge in [-0.15, -0.1) is 0 Å². The van der Waals surface area contributed by atoms with E-state index in [9.17, 15) is 4.79 Å². The molecule has 0 aliphatic carbocycles. The van der Waals surface area contributed by atoms with Gasteiger partial charge in [-0.25, -0.2) is 9.97 Å². The summed E-state index contributed by atoms with van der Waals surface area (Å²) in [5.41, 5.74) is 2.59. The molecule has 1 heterocycles. The predicted molar refractivity (Wildman–Crippen MR) is 103 cm³/mol. The van der Waals surface area contributed by atoms with Crippen LogP contribution in [0.5, 0.6) is 0 Å². The number of benzene rings is 2. The molecule has 0 bridgehead atoms. The number of carbonyl (C=O) groups is 1. The molecule has 0 radical (unpaired) electrons. The van der Waals surface area contributed by atoms with E-state index in [0.717, 1.165) is 12.0 Å². The third-order valence-electron chi connectivity index (χ3n) is 3.83. The third kappa shape index (κ3) is 5.29. The van der Waals surface area contributed by atoms with Crippen molar-refractivity contribution in [2.75, 3.05) is 11.9 Å². The van der Waals surface area contributed by atoms with Crippen LogP contribution in [0.2, 0.25) is 5.02 Å². The first-order chi connectivity index (χ1) is 12.7. The summed E-state index contributed by atoms with van der Waals surface area (Å²) in [5.74, 6) is 0.390. The van der Waals surface area contributed by atoms with E-state index >= 15 is 0 Å². The van der Waals surface area contributed by atoms with Gasteiger partial charge in [-0.05, 0) is 29.7 Å². The summed E-state index contributed by atoms with van der Waals surface area (Å²) >= 11 is 5.88. The van der Waals surface area contributed by atoms with Crippen LogP contribution in [0, 0.1) is 0 Å². The molecule has 1 amide bonds. The Labute approximate surface area is 157 Å². The van der Waals surface area contributed by atoms with Gasteiger partial charge in [-0.2, -0.15) is 0 Å². The maximum absolute atomic E-state index is 12.3. The Balaban J connectivity index is 1.52. The van der Waals surface area contributed by atoms with Gasteiger partial charge < -0.3 is 10.6 Å². The summed E-state index contributed by atoms with van der Waals surface area (Å²) in [5, 5.41) is 6.77. The quantitative estimate of drug-likeness (QED) is 0.668. The van der Waals surface area contributed by atoms with Gasteiger partial charge in [0.05, 0.1) is 0 Å². The van der Waals surface area contributed by atoms with Gasteiger partial charge >= 0.3 is 0 Å². The molecule has 0 unspecified atom stereocenters. The molecule has 2 N–H and O–H groups in total. The Hall–Kier alpha value is -2.92. The van der Waals surface area contributed by atoms with Crippen LogP contribution in [-0.2, 0) is 13.0 Å². The molecule has 0 aliphatic rings. The molecule has 0 atom stereocenters. The van der Waals surface area contributed by atoms with Gasteiger partial charge in [-0.1, -0.05) is 54.1 Å². The Bertz CT molecular complexity index is 853. The number of nitrogens with zero attached hydrogens (tertiary/aromatic N) is 2. The van der Waals surface area contributed by atoms with Gasteiger partial charge in [0, 0.05) is 24.2 Å². The largest absolute Gasteiger partial charge is 0.366 e. The summed E-state index contributed by atoms with van der Waals surface area (Å²) in [6, 6.07) is 19.2. The van der Waals surface area contributed by atoms with Crippen LogP contribution in [0.4, 0.5) is 5.82 Å². The zero-order valence-corrected chi connectivity index (χ0v) is 14.9. The number of rotatable bonds is 7. The van der Waals surface area contributed by atoms with E-state index in [4.69, 9.17) is 11.6 Å². The van der Waals surface area contributed by atoms with E-state index in [2.05, 4.69) is 20.6 Å². The third-order valence-corrected chi connectivity index (χ3v) is 4.08. The second-order valence-corrected chi connectivity index (χ2v) is 6.20. The molecule has 0 saturated heterocycles. The number of aromatic nitrogens is 2. The average molecular weight is 367 g/mol. The van der Waals surface area contributed by atoms with Gasteiger partial charge in [-0.3, -0.25) is 4.79 Å². The van der Waals surface area contributed by atoms with Gasteiger partial charge in [0.1, 0.15) is 17.8 Å². The molecular weight excluding hydrogens is 348 g/mol. The molecule has 6 heteroatoms. The fraction of sp³-hybridized carbons (Fsp3) is 0.150. The zero-order chi connectivity index (χ0) is 18.2. The highest BCUT2D eigenvalue weighted by Gasteiger charge is 2.08. The van der Waals surface area contributed by atoms with E-state index in [0.29, 0.717) is 29.6 Å². The lowest BCUT2D eigenvalue weighted by Crippen LogP contribution is -2.26. The van der Waals surface area contributed by atoms with Crippen molar-refractivity contribution < 1.29 is 4.79 Å². The number of carbonyl (C=O) groups excluding carboxylic acids is 1. The topological polar surface area (TPSA) is 66.9 Å². The van der Waals surface area contributed by atoms with Crippen molar-refractivity contribution in [1.82, 2.24) is 15.3 Å². The van der Waals surface area contributed by atoms with Crippen LogP contribution < -0.4 is 10.6 Å². The number of hydrogen-bond acceptors (Lipinski definition) is 4. The number of anilines is 1. The van der Waals surface area contributed by atoms with Crippen LogP contribution in [0.1, 0.15) is 21.6 Å². The van der Waals surface area contributed by atoms with Gasteiger partial charge in [0.2, 0.25) is 0 Å². The minimum atomic E-state index is -0.210. The highest BCUT2D eigenvalue weighted by Crippen LogP contribution is 2.11. The molecule has 1 aromatic heterocycles. The molecule has 3 aromatic rings. The van der Waals surface area contributed by atoms with Crippen molar-refractivity contribution >= 4 is 23.3 Å². The van der Waals surface area contributed by atoms with E-state index < -0.39 is 0 Å². The van der Waals surface area contributed by atoms with E-state index in [1.165, 1.54) is 11.9 Å². The Morgan fingerprint density at radius 2 is 1.73 bits per heavy atom. The summed E-state index contributed by atoms with van der Waals surface area (Å²) in [6.07, 6.45) is 2.16. The second-order valence-electron chi connectivity index (χ2n) is 5.76. The minimum Gasteiger partial charge on any atom is -0.366 e. The Kier molecular flexibility index (Phi) is 6.17. The maximum Gasteiger partial charge on any atom is 0.270 e. The molecule has 0 spiro atoms. The first kappa shape index (κ1) is 17.9. The molecule has 26 heavy (non-hydrogen) atoms. The van der Waals surface area contributed by atoms with Crippen LogP contribution in [0.3, 0.4) is 0 Å². The normalized spacial score (nSPS) is 10.3. The molecule has 0 saturated carbocycles. The first-order valence-corrected chi connectivity index (χ1v) is 8.71. The van der Waals surface area contributed by atoms with Crippen molar-refractivity contribution in [3.05, 3.63) is 88.8 Å². The number of nitrogens with one attached hydrogen (secondary N) is 2. The van der Waals surface area contributed by atoms with E-state index in [1.54, 1.807) is 6.07 Å². The Morgan fingerprint density at radius 1 is 0.962 bits per heavy atom. The fourth-order valence-corrected chi connectivity index (χ4v) is 2.55. The smallest absolute Gasteiger partial charge is 0.270 e. The van der Waals surface area contributed by atoms with Gasteiger partial charge in [0.25, 0.3) is 5.91 Å². The van der Waals surface area contributed by atoms with Crippen molar-refractivity contribution in [3.8, 4) is 0 Å². The average Bonchev–Trinajstić information content (AvgIpc) is 2.68. The van der Waals surface area contributed by atoms with E-state index in [-0.39, 0.29) is 5.91 Å². The molecule has 3 rings (SSSR count). The minimum absolute atomic E-state index is 0.210. The molecule has 132 valence electrons. The first-order valence-electron chi connectivity index (χ1n) is 8.33. The predicted octanol–water partition coefficient (Wildman–Crippen LogP) is 3.71. The maximum atomic E-state index is 12.3. The van der Waals surface area contributed by atoms with Crippen molar-refractivity contribution in [1.29, 1.82) is 0 Å². The molecule has 5 nitrogen and oxygen atoms in total. The lowest BCUT2D eigenvalue weighted by molar-refractivity contribution is 0.0949. The summed E-state index contributed by atoms with van der Waals surface area (Å²) in [4.78, 5) is 20.5. The van der Waals surface area contributed by atoms with Crippen LogP contribution >= 0.6 is 11.6 Å². The van der Waals surface area contributed by atoms with E-state index in [1.807, 2.05) is 54.6 Å². The second kappa shape index (κ2) is 8.97.